The highest BCUT2D eigenvalue weighted by molar-refractivity contribution is 7.88. The average Bonchev–Trinajstić information content (AvgIpc) is 3.24. The maximum atomic E-state index is 12.5. The molecule has 2 aliphatic rings. The zero-order chi connectivity index (χ0) is 20.6. The van der Waals surface area contributed by atoms with Crippen molar-refractivity contribution in [3.8, 4) is 0 Å². The Kier molecular flexibility index (Phi) is 5.07. The number of sulfonamides is 1. The van der Waals surface area contributed by atoms with Crippen LogP contribution in [-0.2, 0) is 23.5 Å². The number of urea groups is 1. The van der Waals surface area contributed by atoms with E-state index in [1.54, 1.807) is 11.2 Å². The van der Waals surface area contributed by atoms with E-state index in [4.69, 9.17) is 0 Å². The SMILES string of the molecule is Cn1cnnc1C1CN(S(C)(=O)=O)CC12CN(C(=O)NCCc1ccccc1)C2. The number of hydrogen-bond donors (Lipinski definition) is 1. The van der Waals surface area contributed by atoms with E-state index in [1.807, 2.05) is 41.9 Å². The number of carbonyl (C=O) groups is 1. The van der Waals surface area contributed by atoms with E-state index in [0.717, 1.165) is 12.2 Å². The van der Waals surface area contributed by atoms with Gasteiger partial charge in [-0.3, -0.25) is 0 Å². The van der Waals surface area contributed by atoms with E-state index in [2.05, 4.69) is 15.5 Å². The van der Waals surface area contributed by atoms with Gasteiger partial charge in [0, 0.05) is 51.1 Å². The zero-order valence-corrected chi connectivity index (χ0v) is 17.5. The molecule has 0 saturated carbocycles. The van der Waals surface area contributed by atoms with E-state index >= 15 is 0 Å². The van der Waals surface area contributed by atoms with E-state index in [-0.39, 0.29) is 17.4 Å². The van der Waals surface area contributed by atoms with Crippen molar-refractivity contribution < 1.29 is 13.2 Å². The molecule has 156 valence electrons. The summed E-state index contributed by atoms with van der Waals surface area (Å²) < 4.78 is 27.6. The molecule has 4 rings (SSSR count). The van der Waals surface area contributed by atoms with Gasteiger partial charge < -0.3 is 14.8 Å². The number of rotatable bonds is 5. The number of nitrogens with one attached hydrogen (secondary N) is 1. The van der Waals surface area contributed by atoms with Gasteiger partial charge in [0.05, 0.1) is 6.26 Å². The molecule has 0 bridgehead atoms. The molecule has 0 radical (unpaired) electrons. The minimum atomic E-state index is -3.31. The lowest BCUT2D eigenvalue weighted by molar-refractivity contribution is 0.0288. The Morgan fingerprint density at radius 2 is 1.97 bits per heavy atom. The second-order valence-electron chi connectivity index (χ2n) is 8.09. The lowest BCUT2D eigenvalue weighted by atomic mass is 9.71. The summed E-state index contributed by atoms with van der Waals surface area (Å²) in [7, 11) is -1.45. The summed E-state index contributed by atoms with van der Waals surface area (Å²) in [4.78, 5) is 14.3. The van der Waals surface area contributed by atoms with Crippen LogP contribution in [0.1, 0.15) is 17.3 Å². The van der Waals surface area contributed by atoms with Gasteiger partial charge in [-0.2, -0.15) is 0 Å². The first kappa shape index (κ1) is 19.8. The van der Waals surface area contributed by atoms with Crippen molar-refractivity contribution in [2.24, 2.45) is 12.5 Å². The molecule has 1 unspecified atom stereocenters. The van der Waals surface area contributed by atoms with Gasteiger partial charge in [0.2, 0.25) is 10.0 Å². The molecule has 1 aromatic heterocycles. The first-order chi connectivity index (χ1) is 13.8. The van der Waals surface area contributed by atoms with Gasteiger partial charge in [-0.15, -0.1) is 10.2 Å². The Morgan fingerprint density at radius 1 is 1.24 bits per heavy atom. The van der Waals surface area contributed by atoms with Crippen LogP contribution in [-0.4, -0.2) is 77.4 Å². The number of aryl methyl sites for hydroxylation is 1. The maximum absolute atomic E-state index is 12.5. The topological polar surface area (TPSA) is 100 Å². The van der Waals surface area contributed by atoms with Gasteiger partial charge in [-0.05, 0) is 12.0 Å². The summed E-state index contributed by atoms with van der Waals surface area (Å²) in [5.41, 5.74) is 0.857. The summed E-state index contributed by atoms with van der Waals surface area (Å²) in [5, 5.41) is 11.1. The Bertz CT molecular complexity index is 984. The summed E-state index contributed by atoms with van der Waals surface area (Å²) >= 11 is 0. The van der Waals surface area contributed by atoms with Crippen molar-refractivity contribution in [2.45, 2.75) is 12.3 Å². The molecular formula is C19H26N6O3S. The first-order valence-corrected chi connectivity index (χ1v) is 11.5. The molecule has 1 N–H and O–H groups in total. The van der Waals surface area contributed by atoms with Crippen molar-refractivity contribution in [3.63, 3.8) is 0 Å². The van der Waals surface area contributed by atoms with Crippen LogP contribution in [0, 0.1) is 5.41 Å². The van der Waals surface area contributed by atoms with E-state index < -0.39 is 10.0 Å². The van der Waals surface area contributed by atoms with Crippen LogP contribution in [0.2, 0.25) is 0 Å². The van der Waals surface area contributed by atoms with Crippen LogP contribution in [0.5, 0.6) is 0 Å². The highest BCUT2D eigenvalue weighted by Crippen LogP contribution is 2.49. The van der Waals surface area contributed by atoms with E-state index in [0.29, 0.717) is 32.7 Å². The molecule has 2 amide bonds. The fourth-order valence-electron chi connectivity index (χ4n) is 4.39. The number of nitrogens with zero attached hydrogens (tertiary/aromatic N) is 5. The quantitative estimate of drug-likeness (QED) is 0.759. The van der Waals surface area contributed by atoms with Gasteiger partial charge in [0.15, 0.2) is 0 Å². The lowest BCUT2D eigenvalue weighted by Gasteiger charge is -2.50. The highest BCUT2D eigenvalue weighted by Gasteiger charge is 2.58. The van der Waals surface area contributed by atoms with Crippen LogP contribution >= 0.6 is 0 Å². The van der Waals surface area contributed by atoms with Crippen molar-refractivity contribution >= 4 is 16.1 Å². The summed E-state index contributed by atoms with van der Waals surface area (Å²) in [6, 6.07) is 9.90. The Labute approximate surface area is 170 Å². The Balaban J connectivity index is 1.40. The lowest BCUT2D eigenvalue weighted by Crippen LogP contribution is -2.63. The molecular weight excluding hydrogens is 392 g/mol. The summed E-state index contributed by atoms with van der Waals surface area (Å²) in [5.74, 6) is 0.679. The van der Waals surface area contributed by atoms with Crippen LogP contribution in [0.15, 0.2) is 36.7 Å². The van der Waals surface area contributed by atoms with Crippen LogP contribution in [0.25, 0.3) is 0 Å². The van der Waals surface area contributed by atoms with Crippen LogP contribution < -0.4 is 5.32 Å². The van der Waals surface area contributed by atoms with Crippen molar-refractivity contribution in [3.05, 3.63) is 48.0 Å². The molecule has 2 aromatic rings. The third-order valence-electron chi connectivity index (χ3n) is 5.98. The molecule has 1 spiro atoms. The van der Waals surface area contributed by atoms with Crippen LogP contribution in [0.3, 0.4) is 0 Å². The minimum Gasteiger partial charge on any atom is -0.338 e. The third kappa shape index (κ3) is 3.86. The standard InChI is InChI=1S/C19H26N6O3S/c1-23-14-21-22-17(23)16-10-25(29(2,27)28)13-19(16)11-24(12-19)18(26)20-9-8-15-6-4-3-5-7-15/h3-7,14,16H,8-13H2,1-2H3,(H,20,26). The van der Waals surface area contributed by atoms with Gasteiger partial charge in [0.1, 0.15) is 12.2 Å². The van der Waals surface area contributed by atoms with Crippen LogP contribution in [0.4, 0.5) is 4.79 Å². The maximum Gasteiger partial charge on any atom is 0.317 e. The summed E-state index contributed by atoms with van der Waals surface area (Å²) in [6.07, 6.45) is 3.63. The predicted octanol–water partition coefficient (Wildman–Crippen LogP) is 0.428. The van der Waals surface area contributed by atoms with Gasteiger partial charge in [-0.1, -0.05) is 30.3 Å². The molecule has 1 atom stereocenters. The molecule has 9 nitrogen and oxygen atoms in total. The molecule has 10 heteroatoms. The normalized spacial score (nSPS) is 21.3. The predicted molar refractivity (Wildman–Crippen MR) is 108 cm³/mol. The fourth-order valence-corrected chi connectivity index (χ4v) is 5.30. The van der Waals surface area contributed by atoms with Gasteiger partial charge >= 0.3 is 6.03 Å². The molecule has 2 saturated heterocycles. The van der Waals surface area contributed by atoms with Gasteiger partial charge in [0.25, 0.3) is 0 Å². The minimum absolute atomic E-state index is 0.0851. The van der Waals surface area contributed by atoms with E-state index in [9.17, 15) is 13.2 Å². The summed E-state index contributed by atoms with van der Waals surface area (Å²) in [6.45, 7) is 2.35. The average molecular weight is 419 g/mol. The second-order valence-corrected chi connectivity index (χ2v) is 10.1. The number of carbonyl (C=O) groups excluding carboxylic acids is 1. The largest absolute Gasteiger partial charge is 0.338 e. The number of likely N-dealkylation sites (tertiary alicyclic amines) is 1. The van der Waals surface area contributed by atoms with Crippen molar-refractivity contribution in [2.75, 3.05) is 39.0 Å². The second kappa shape index (κ2) is 7.42. The molecule has 29 heavy (non-hydrogen) atoms. The van der Waals surface area contributed by atoms with E-state index in [1.165, 1.54) is 16.1 Å². The monoisotopic (exact) mass is 418 g/mol. The molecule has 2 fully saturated rings. The zero-order valence-electron chi connectivity index (χ0n) is 16.7. The molecule has 2 aliphatic heterocycles. The Hall–Kier alpha value is -2.46. The Morgan fingerprint density at radius 3 is 2.59 bits per heavy atom. The smallest absolute Gasteiger partial charge is 0.317 e. The van der Waals surface area contributed by atoms with Gasteiger partial charge in [-0.25, -0.2) is 17.5 Å². The van der Waals surface area contributed by atoms with Crippen molar-refractivity contribution in [1.82, 2.24) is 29.3 Å². The van der Waals surface area contributed by atoms with Crippen molar-refractivity contribution in [1.29, 1.82) is 0 Å². The molecule has 3 heterocycles. The number of amides is 2. The molecule has 0 aliphatic carbocycles. The number of aromatic nitrogens is 3. The number of hydrogen-bond acceptors (Lipinski definition) is 5. The molecule has 1 aromatic carbocycles. The number of benzene rings is 1. The first-order valence-electron chi connectivity index (χ1n) is 9.64. The fraction of sp³-hybridized carbons (Fsp3) is 0.526. The third-order valence-corrected chi connectivity index (χ3v) is 7.19. The highest BCUT2D eigenvalue weighted by atomic mass is 32.2.